The van der Waals surface area contributed by atoms with Crippen LogP contribution in [0.2, 0.25) is 0 Å². The summed E-state index contributed by atoms with van der Waals surface area (Å²) in [6.45, 7) is 1.69. The Morgan fingerprint density at radius 1 is 0.571 bits per heavy atom. The summed E-state index contributed by atoms with van der Waals surface area (Å²) in [6, 6.07) is 36.5. The van der Waals surface area contributed by atoms with Crippen molar-refractivity contribution in [1.29, 1.82) is 0 Å². The average Bonchev–Trinajstić information content (AvgIpc) is 3.08. The minimum Gasteiger partial charge on any atom is -0.380 e. The van der Waals surface area contributed by atoms with Crippen molar-refractivity contribution in [2.24, 2.45) is 0 Å². The zero-order chi connectivity index (χ0) is 18.8. The summed E-state index contributed by atoms with van der Waals surface area (Å²) in [7, 11) is 0. The molecule has 0 spiro atoms. The first-order chi connectivity index (χ1) is 13.9. The van der Waals surface area contributed by atoms with Crippen LogP contribution in [0.3, 0.4) is 0 Å². The van der Waals surface area contributed by atoms with Crippen LogP contribution in [0.1, 0.15) is 11.1 Å². The van der Waals surface area contributed by atoms with E-state index in [1.54, 1.807) is 0 Å². The molecule has 0 atom stereocenters. The largest absolute Gasteiger partial charge is 0.380 e. The van der Waals surface area contributed by atoms with E-state index in [0.29, 0.717) is 0 Å². The molecule has 5 aromatic rings. The first-order valence-corrected chi connectivity index (χ1v) is 9.72. The van der Waals surface area contributed by atoms with Gasteiger partial charge >= 0.3 is 0 Å². The van der Waals surface area contributed by atoms with Gasteiger partial charge in [0.1, 0.15) is 0 Å². The van der Waals surface area contributed by atoms with Crippen molar-refractivity contribution in [3.63, 3.8) is 0 Å². The molecule has 4 aromatic carbocycles. The molecule has 1 heterocycles. The number of rotatable bonds is 5. The zero-order valence-electron chi connectivity index (χ0n) is 15.7. The molecule has 2 heteroatoms. The summed E-state index contributed by atoms with van der Waals surface area (Å²) in [6.07, 6.45) is 0. The normalized spacial score (nSPS) is 11.1. The Labute approximate surface area is 165 Å². The van der Waals surface area contributed by atoms with Crippen LogP contribution >= 0.6 is 0 Å². The lowest BCUT2D eigenvalue weighted by atomic mass is 10.1. The number of aromatic nitrogens is 1. The molecule has 0 aliphatic carbocycles. The van der Waals surface area contributed by atoms with Crippen molar-refractivity contribution in [3.8, 4) is 0 Å². The molecule has 0 bridgehead atoms. The van der Waals surface area contributed by atoms with Crippen LogP contribution in [0.25, 0.3) is 21.8 Å². The summed E-state index contributed by atoms with van der Waals surface area (Å²) in [4.78, 5) is 0. The fourth-order valence-electron chi connectivity index (χ4n) is 3.98. The van der Waals surface area contributed by atoms with Crippen LogP contribution in [0.15, 0.2) is 103 Å². The van der Waals surface area contributed by atoms with Crippen molar-refractivity contribution in [3.05, 3.63) is 114 Å². The number of benzene rings is 4. The summed E-state index contributed by atoms with van der Waals surface area (Å²) >= 11 is 0. The van der Waals surface area contributed by atoms with E-state index in [-0.39, 0.29) is 0 Å². The predicted molar refractivity (Wildman–Crippen MR) is 119 cm³/mol. The SMILES string of the molecule is c1ccc(CNc2cccc3c2c2ccccc2n3Cc2ccccc2)cc1. The first kappa shape index (κ1) is 16.6. The number of fused-ring (bicyclic) bond motifs is 3. The van der Waals surface area contributed by atoms with Crippen LogP contribution in [0, 0.1) is 0 Å². The molecule has 0 fully saturated rings. The molecular weight excluding hydrogens is 340 g/mol. The monoisotopic (exact) mass is 362 g/mol. The highest BCUT2D eigenvalue weighted by Crippen LogP contribution is 2.35. The molecule has 0 unspecified atom stereocenters. The maximum absolute atomic E-state index is 3.66. The van der Waals surface area contributed by atoms with Gasteiger partial charge in [0.05, 0.1) is 5.52 Å². The Kier molecular flexibility index (Phi) is 4.30. The second-order valence-corrected chi connectivity index (χ2v) is 7.13. The lowest BCUT2D eigenvalue weighted by Gasteiger charge is -2.10. The third kappa shape index (κ3) is 3.03. The van der Waals surface area contributed by atoms with Crippen molar-refractivity contribution in [2.45, 2.75) is 13.1 Å². The summed E-state index contributed by atoms with van der Waals surface area (Å²) < 4.78 is 2.42. The topological polar surface area (TPSA) is 17.0 Å². The van der Waals surface area contributed by atoms with E-state index < -0.39 is 0 Å². The van der Waals surface area contributed by atoms with Gasteiger partial charge in [0.15, 0.2) is 0 Å². The van der Waals surface area contributed by atoms with Crippen molar-refractivity contribution in [1.82, 2.24) is 4.57 Å². The lowest BCUT2D eigenvalue weighted by molar-refractivity contribution is 0.869. The molecule has 0 aliphatic heterocycles. The minimum atomic E-state index is 0.818. The third-order valence-electron chi connectivity index (χ3n) is 5.31. The van der Waals surface area contributed by atoms with Gasteiger partial charge in [-0.05, 0) is 29.3 Å². The molecule has 1 aromatic heterocycles. The molecule has 136 valence electrons. The highest BCUT2D eigenvalue weighted by Gasteiger charge is 2.13. The maximum atomic E-state index is 3.66. The van der Waals surface area contributed by atoms with Gasteiger partial charge in [0, 0.05) is 35.1 Å². The van der Waals surface area contributed by atoms with Gasteiger partial charge in [-0.1, -0.05) is 84.9 Å². The van der Waals surface area contributed by atoms with Crippen molar-refractivity contribution in [2.75, 3.05) is 5.32 Å². The lowest BCUT2D eigenvalue weighted by Crippen LogP contribution is -2.01. The number of anilines is 1. The molecule has 0 aliphatic rings. The van der Waals surface area contributed by atoms with Crippen LogP contribution in [0.5, 0.6) is 0 Å². The van der Waals surface area contributed by atoms with Crippen molar-refractivity contribution >= 4 is 27.5 Å². The molecule has 0 radical (unpaired) electrons. The second-order valence-electron chi connectivity index (χ2n) is 7.13. The van der Waals surface area contributed by atoms with E-state index in [9.17, 15) is 0 Å². The van der Waals surface area contributed by atoms with E-state index in [0.717, 1.165) is 13.1 Å². The Hall–Kier alpha value is -3.52. The van der Waals surface area contributed by atoms with Gasteiger partial charge in [0.25, 0.3) is 0 Å². The number of nitrogens with one attached hydrogen (secondary N) is 1. The highest BCUT2D eigenvalue weighted by atomic mass is 15.0. The molecule has 2 nitrogen and oxygen atoms in total. The summed E-state index contributed by atoms with van der Waals surface area (Å²) in [5.41, 5.74) is 6.32. The number of hydrogen-bond acceptors (Lipinski definition) is 1. The smallest absolute Gasteiger partial charge is 0.0515 e. The van der Waals surface area contributed by atoms with Crippen LogP contribution in [0.4, 0.5) is 5.69 Å². The molecule has 5 rings (SSSR count). The average molecular weight is 362 g/mol. The van der Waals surface area contributed by atoms with E-state index in [2.05, 4.69) is 113 Å². The summed E-state index contributed by atoms with van der Waals surface area (Å²) in [5.74, 6) is 0. The molecule has 28 heavy (non-hydrogen) atoms. The predicted octanol–water partition coefficient (Wildman–Crippen LogP) is 6.45. The number of hydrogen-bond donors (Lipinski definition) is 1. The maximum Gasteiger partial charge on any atom is 0.0515 e. The highest BCUT2D eigenvalue weighted by molar-refractivity contribution is 6.14. The molecule has 1 N–H and O–H groups in total. The van der Waals surface area contributed by atoms with Gasteiger partial charge in [-0.15, -0.1) is 0 Å². The van der Waals surface area contributed by atoms with Gasteiger partial charge in [-0.25, -0.2) is 0 Å². The van der Waals surface area contributed by atoms with Gasteiger partial charge in [-0.3, -0.25) is 0 Å². The van der Waals surface area contributed by atoms with Crippen LogP contribution in [-0.2, 0) is 13.1 Å². The quantitative estimate of drug-likeness (QED) is 0.380. The Bertz CT molecular complexity index is 1220. The van der Waals surface area contributed by atoms with Gasteiger partial charge in [0.2, 0.25) is 0 Å². The van der Waals surface area contributed by atoms with E-state index in [1.807, 2.05) is 0 Å². The summed E-state index contributed by atoms with van der Waals surface area (Å²) in [5, 5.41) is 6.25. The Balaban J connectivity index is 1.62. The van der Waals surface area contributed by atoms with E-state index in [1.165, 1.54) is 38.6 Å². The molecular formula is C26H22N2. The fourth-order valence-corrected chi connectivity index (χ4v) is 3.98. The Morgan fingerprint density at radius 3 is 2.00 bits per heavy atom. The van der Waals surface area contributed by atoms with E-state index >= 15 is 0 Å². The van der Waals surface area contributed by atoms with Gasteiger partial charge < -0.3 is 9.88 Å². The number of para-hydroxylation sites is 1. The zero-order valence-corrected chi connectivity index (χ0v) is 15.7. The fraction of sp³-hybridized carbons (Fsp3) is 0.0769. The number of nitrogens with zero attached hydrogens (tertiary/aromatic N) is 1. The standard InChI is InChI=1S/C26H22N2/c1-3-10-20(11-4-1)18-27-23-15-9-17-25-26(23)22-14-7-8-16-24(22)28(25)19-21-12-5-2-6-13-21/h1-17,27H,18-19H2. The minimum absolute atomic E-state index is 0.818. The second kappa shape index (κ2) is 7.24. The van der Waals surface area contributed by atoms with Crippen molar-refractivity contribution < 1.29 is 0 Å². The Morgan fingerprint density at radius 2 is 1.21 bits per heavy atom. The molecule has 0 saturated carbocycles. The third-order valence-corrected chi connectivity index (χ3v) is 5.31. The van der Waals surface area contributed by atoms with Gasteiger partial charge in [-0.2, -0.15) is 0 Å². The van der Waals surface area contributed by atoms with Crippen LogP contribution < -0.4 is 5.32 Å². The first-order valence-electron chi connectivity index (χ1n) is 9.72. The van der Waals surface area contributed by atoms with Crippen LogP contribution in [-0.4, -0.2) is 4.57 Å². The molecule has 0 amide bonds. The molecule has 0 saturated heterocycles. The van der Waals surface area contributed by atoms with E-state index in [4.69, 9.17) is 0 Å².